The second kappa shape index (κ2) is 12.5. The fourth-order valence-electron chi connectivity index (χ4n) is 5.09. The molecule has 4 aromatic carbocycles. The van der Waals surface area contributed by atoms with Crippen LogP contribution in [-0.4, -0.2) is 26.8 Å². The third-order valence-corrected chi connectivity index (χ3v) is 7.65. The molecule has 45 heavy (non-hydrogen) atoms. The van der Waals surface area contributed by atoms with E-state index in [4.69, 9.17) is 0 Å². The van der Waals surface area contributed by atoms with E-state index in [1.807, 2.05) is 30.3 Å². The van der Waals surface area contributed by atoms with Crippen LogP contribution in [0.25, 0.3) is 33.5 Å². The molecule has 0 radical (unpaired) electrons. The third kappa shape index (κ3) is 6.62. The van der Waals surface area contributed by atoms with E-state index >= 15 is 0 Å². The van der Waals surface area contributed by atoms with Crippen LogP contribution in [0.3, 0.4) is 0 Å². The van der Waals surface area contributed by atoms with Gasteiger partial charge in [0.05, 0.1) is 24.0 Å². The SMILES string of the molecule is C[C@@H](NC(=O)c1cc(C(=O)N[C@H](C)c2ccc(F)cc2)cc(-c2cnc(-c3cc4ccccc4cn3)[nH]2)c1)c1ccc(F)cc1. The molecule has 7 nitrogen and oxygen atoms in total. The first kappa shape index (κ1) is 29.4. The van der Waals surface area contributed by atoms with Crippen molar-refractivity contribution in [3.05, 3.63) is 143 Å². The van der Waals surface area contributed by atoms with Crippen molar-refractivity contribution in [2.24, 2.45) is 0 Å². The van der Waals surface area contributed by atoms with Crippen molar-refractivity contribution in [1.82, 2.24) is 25.6 Å². The largest absolute Gasteiger partial charge is 0.346 e. The summed E-state index contributed by atoms with van der Waals surface area (Å²) in [6.07, 6.45) is 3.41. The Morgan fingerprint density at radius 1 is 0.667 bits per heavy atom. The lowest BCUT2D eigenvalue weighted by Crippen LogP contribution is -2.29. The molecular weight excluding hydrogens is 572 g/mol. The van der Waals surface area contributed by atoms with Gasteiger partial charge in [0, 0.05) is 28.3 Å². The Hall–Kier alpha value is -5.70. The van der Waals surface area contributed by atoms with E-state index in [0.717, 1.165) is 21.9 Å². The Bertz CT molecular complexity index is 1920. The number of pyridine rings is 1. The number of carbonyl (C=O) groups excluding carboxylic acids is 2. The summed E-state index contributed by atoms with van der Waals surface area (Å²) in [5.41, 5.74) is 3.76. The molecule has 0 saturated heterocycles. The minimum atomic E-state index is -0.421. The summed E-state index contributed by atoms with van der Waals surface area (Å²) in [4.78, 5) is 39.3. The number of H-pyrrole nitrogens is 1. The van der Waals surface area contributed by atoms with Gasteiger partial charge in [0.1, 0.15) is 17.3 Å². The lowest BCUT2D eigenvalue weighted by molar-refractivity contribution is 0.0939. The Kier molecular flexibility index (Phi) is 8.16. The number of nitrogens with zero attached hydrogens (tertiary/aromatic N) is 2. The summed E-state index contributed by atoms with van der Waals surface area (Å²) in [6.45, 7) is 3.59. The molecule has 2 atom stereocenters. The van der Waals surface area contributed by atoms with Crippen LogP contribution in [0.15, 0.2) is 109 Å². The predicted octanol–water partition coefficient (Wildman–Crippen LogP) is 7.55. The zero-order chi connectivity index (χ0) is 31.5. The van der Waals surface area contributed by atoms with E-state index in [1.165, 1.54) is 30.3 Å². The number of halogens is 2. The minimum absolute atomic E-state index is 0.251. The van der Waals surface area contributed by atoms with Crippen LogP contribution in [0, 0.1) is 11.6 Å². The Morgan fingerprint density at radius 2 is 1.20 bits per heavy atom. The van der Waals surface area contributed by atoms with E-state index in [9.17, 15) is 18.4 Å². The summed E-state index contributed by atoms with van der Waals surface area (Å²) in [5.74, 6) is -1.02. The Labute approximate surface area is 258 Å². The van der Waals surface area contributed by atoms with Gasteiger partial charge in [-0.2, -0.15) is 0 Å². The molecule has 0 unspecified atom stereocenters. The van der Waals surface area contributed by atoms with Gasteiger partial charge in [-0.1, -0.05) is 48.5 Å². The van der Waals surface area contributed by atoms with Crippen molar-refractivity contribution < 1.29 is 18.4 Å². The summed E-state index contributed by atoms with van der Waals surface area (Å²) in [6, 6.07) is 25.6. The molecule has 0 aliphatic rings. The number of hydrogen-bond acceptors (Lipinski definition) is 4. The molecule has 2 amide bonds. The maximum absolute atomic E-state index is 13.5. The maximum atomic E-state index is 13.5. The highest BCUT2D eigenvalue weighted by molar-refractivity contribution is 6.01. The van der Waals surface area contributed by atoms with Crippen LogP contribution >= 0.6 is 0 Å². The fourth-order valence-corrected chi connectivity index (χ4v) is 5.09. The van der Waals surface area contributed by atoms with E-state index in [2.05, 4.69) is 25.6 Å². The number of hydrogen-bond donors (Lipinski definition) is 3. The summed E-state index contributed by atoms with van der Waals surface area (Å²) in [5, 5.41) is 7.89. The highest BCUT2D eigenvalue weighted by atomic mass is 19.1. The molecule has 0 saturated carbocycles. The molecule has 2 heterocycles. The van der Waals surface area contributed by atoms with Crippen LogP contribution in [-0.2, 0) is 0 Å². The molecule has 0 aliphatic heterocycles. The number of rotatable bonds is 8. The molecule has 3 N–H and O–H groups in total. The van der Waals surface area contributed by atoms with Crippen LogP contribution in [0.4, 0.5) is 8.78 Å². The predicted molar refractivity (Wildman–Crippen MR) is 169 cm³/mol. The number of aromatic amines is 1. The standard InChI is InChI=1S/C36H29F2N5O2/c1-21(23-7-11-30(37)12-8-23)41-35(44)28-15-27(16-29(17-28)36(45)42-22(2)24-9-13-31(38)14-10-24)33-20-40-34(43-33)32-18-25-5-3-4-6-26(25)19-39-32/h3-22H,1-2H3,(H,40,43)(H,41,44)(H,42,45)/t21-,22-/m1/s1. The number of amides is 2. The van der Waals surface area contributed by atoms with Gasteiger partial charge in [0.25, 0.3) is 11.8 Å². The smallest absolute Gasteiger partial charge is 0.251 e. The molecule has 6 aromatic rings. The normalized spacial score (nSPS) is 12.4. The molecule has 9 heteroatoms. The first-order chi connectivity index (χ1) is 21.7. The number of imidazole rings is 1. The molecule has 6 rings (SSSR count). The Morgan fingerprint density at radius 3 is 1.76 bits per heavy atom. The summed E-state index contributed by atoms with van der Waals surface area (Å²) >= 11 is 0. The number of nitrogens with one attached hydrogen (secondary N) is 3. The topological polar surface area (TPSA) is 99.8 Å². The van der Waals surface area contributed by atoms with Crippen LogP contribution in [0.2, 0.25) is 0 Å². The van der Waals surface area contributed by atoms with E-state index in [0.29, 0.717) is 22.8 Å². The molecule has 2 aromatic heterocycles. The number of benzene rings is 4. The van der Waals surface area contributed by atoms with Gasteiger partial charge in [-0.25, -0.2) is 13.8 Å². The molecule has 0 aliphatic carbocycles. The quantitative estimate of drug-likeness (QED) is 0.168. The maximum Gasteiger partial charge on any atom is 0.251 e. The van der Waals surface area contributed by atoms with Crippen LogP contribution < -0.4 is 10.6 Å². The average molecular weight is 602 g/mol. The molecule has 0 spiro atoms. The lowest BCUT2D eigenvalue weighted by Gasteiger charge is -2.17. The van der Waals surface area contributed by atoms with Crippen molar-refractivity contribution in [2.45, 2.75) is 25.9 Å². The monoisotopic (exact) mass is 601 g/mol. The molecule has 0 fully saturated rings. The van der Waals surface area contributed by atoms with Crippen LogP contribution in [0.1, 0.15) is 57.8 Å². The van der Waals surface area contributed by atoms with Gasteiger partial charge >= 0.3 is 0 Å². The van der Waals surface area contributed by atoms with E-state index in [-0.39, 0.29) is 22.8 Å². The van der Waals surface area contributed by atoms with Gasteiger partial charge in [-0.05, 0) is 78.9 Å². The molecule has 224 valence electrons. The molecule has 0 bridgehead atoms. The highest BCUT2D eigenvalue weighted by Crippen LogP contribution is 2.26. The Balaban J connectivity index is 1.32. The second-order valence-electron chi connectivity index (χ2n) is 10.9. The number of aromatic nitrogens is 3. The average Bonchev–Trinajstić information content (AvgIpc) is 3.55. The van der Waals surface area contributed by atoms with Crippen LogP contribution in [0.5, 0.6) is 0 Å². The van der Waals surface area contributed by atoms with Crippen molar-refractivity contribution in [3.63, 3.8) is 0 Å². The third-order valence-electron chi connectivity index (χ3n) is 7.65. The van der Waals surface area contributed by atoms with Crippen molar-refractivity contribution in [2.75, 3.05) is 0 Å². The number of carbonyl (C=O) groups is 2. The zero-order valence-electron chi connectivity index (χ0n) is 24.5. The fraction of sp³-hybridized carbons (Fsp3) is 0.111. The number of fused-ring (bicyclic) bond motifs is 1. The highest BCUT2D eigenvalue weighted by Gasteiger charge is 2.19. The van der Waals surface area contributed by atoms with Gasteiger partial charge in [0.2, 0.25) is 0 Å². The summed E-state index contributed by atoms with van der Waals surface area (Å²) in [7, 11) is 0. The minimum Gasteiger partial charge on any atom is -0.346 e. The molecular formula is C36H29F2N5O2. The lowest BCUT2D eigenvalue weighted by atomic mass is 10.0. The first-order valence-corrected chi connectivity index (χ1v) is 14.4. The zero-order valence-corrected chi connectivity index (χ0v) is 24.5. The summed E-state index contributed by atoms with van der Waals surface area (Å²) < 4.78 is 26.9. The van der Waals surface area contributed by atoms with Crippen molar-refractivity contribution in [3.8, 4) is 22.8 Å². The van der Waals surface area contributed by atoms with Gasteiger partial charge in [-0.3, -0.25) is 14.6 Å². The van der Waals surface area contributed by atoms with E-state index < -0.39 is 23.9 Å². The van der Waals surface area contributed by atoms with Gasteiger partial charge < -0.3 is 15.6 Å². The van der Waals surface area contributed by atoms with Crippen molar-refractivity contribution >= 4 is 22.6 Å². The van der Waals surface area contributed by atoms with E-state index in [1.54, 1.807) is 62.6 Å². The van der Waals surface area contributed by atoms with Gasteiger partial charge in [0.15, 0.2) is 5.82 Å². The van der Waals surface area contributed by atoms with Crippen molar-refractivity contribution in [1.29, 1.82) is 0 Å². The first-order valence-electron chi connectivity index (χ1n) is 14.4. The second-order valence-corrected chi connectivity index (χ2v) is 10.9. The van der Waals surface area contributed by atoms with Gasteiger partial charge in [-0.15, -0.1) is 0 Å².